The summed E-state index contributed by atoms with van der Waals surface area (Å²) in [4.78, 5) is 24.8. The zero-order chi connectivity index (χ0) is 18.0. The topological polar surface area (TPSA) is 146 Å². The number of hydrogen-bond donors (Lipinski definition) is 3. The first kappa shape index (κ1) is 20.8. The van der Waals surface area contributed by atoms with Crippen LogP contribution in [0, 0.1) is 0 Å². The van der Waals surface area contributed by atoms with Gasteiger partial charge in [-0.15, -0.1) is 0 Å². The Hall–Kier alpha value is -1.29. The molecule has 1 unspecified atom stereocenters. The number of aliphatic hydroxyl groups is 1. The number of aromatic nitrogens is 2. The Bertz CT molecular complexity index is 595. The summed E-state index contributed by atoms with van der Waals surface area (Å²) < 4.78 is 28.2. The molecule has 0 aromatic carbocycles. The Labute approximate surface area is 139 Å². The normalized spacial score (nSPS) is 15.1. The minimum absolute atomic E-state index is 0.0348. The molecule has 2 atom stereocenters. The molecule has 4 N–H and O–H groups in total. The third-order valence-electron chi connectivity index (χ3n) is 2.90. The standard InChI is InChI=1S/C13H24N3O7P/c1-2-21-6-3-7-23-24(19,20)10-22-11(9-17)8-16-5-4-12(14)15-13(16)18/h4-5,11,17H,2-3,6-10H2,1H3,(H,19,20)(H2,14,15,18)/t11-/m0/s1. The van der Waals surface area contributed by atoms with Crippen molar-refractivity contribution in [3.8, 4) is 0 Å². The lowest BCUT2D eigenvalue weighted by Gasteiger charge is -2.19. The number of nitrogens with zero attached hydrogens (tertiary/aromatic N) is 2. The summed E-state index contributed by atoms with van der Waals surface area (Å²) in [6.45, 7) is 2.43. The summed E-state index contributed by atoms with van der Waals surface area (Å²) in [5.41, 5.74) is 4.78. The summed E-state index contributed by atoms with van der Waals surface area (Å²) in [5.74, 6) is 0.0815. The molecular weight excluding hydrogens is 341 g/mol. The third-order valence-corrected chi connectivity index (χ3v) is 3.96. The van der Waals surface area contributed by atoms with E-state index in [9.17, 15) is 19.4 Å². The van der Waals surface area contributed by atoms with E-state index >= 15 is 0 Å². The largest absolute Gasteiger partial charge is 0.394 e. The Morgan fingerprint density at radius 3 is 2.83 bits per heavy atom. The van der Waals surface area contributed by atoms with Gasteiger partial charge in [0, 0.05) is 19.4 Å². The van der Waals surface area contributed by atoms with Crippen molar-refractivity contribution in [2.24, 2.45) is 0 Å². The summed E-state index contributed by atoms with van der Waals surface area (Å²) in [7, 11) is -3.94. The monoisotopic (exact) mass is 365 g/mol. The van der Waals surface area contributed by atoms with Crippen molar-refractivity contribution in [2.45, 2.75) is 26.0 Å². The second kappa shape index (κ2) is 10.5. The first-order chi connectivity index (χ1) is 11.4. The first-order valence-corrected chi connectivity index (χ1v) is 9.23. The van der Waals surface area contributed by atoms with Gasteiger partial charge in [-0.2, -0.15) is 4.98 Å². The van der Waals surface area contributed by atoms with Gasteiger partial charge in [0.15, 0.2) is 0 Å². The summed E-state index contributed by atoms with van der Waals surface area (Å²) in [6, 6.07) is 1.42. The van der Waals surface area contributed by atoms with Crippen LogP contribution < -0.4 is 11.4 Å². The van der Waals surface area contributed by atoms with Gasteiger partial charge < -0.3 is 29.7 Å². The molecule has 1 rings (SSSR count). The minimum atomic E-state index is -3.94. The van der Waals surface area contributed by atoms with Gasteiger partial charge in [-0.05, 0) is 19.4 Å². The van der Waals surface area contributed by atoms with E-state index in [1.807, 2.05) is 6.92 Å². The van der Waals surface area contributed by atoms with E-state index in [1.165, 1.54) is 16.8 Å². The van der Waals surface area contributed by atoms with Gasteiger partial charge in [0.05, 0.1) is 25.9 Å². The fourth-order valence-electron chi connectivity index (χ4n) is 1.71. The molecule has 0 aliphatic carbocycles. The van der Waals surface area contributed by atoms with E-state index in [1.54, 1.807) is 0 Å². The fraction of sp³-hybridized carbons (Fsp3) is 0.692. The molecule has 0 spiro atoms. The second-order valence-electron chi connectivity index (χ2n) is 4.91. The van der Waals surface area contributed by atoms with E-state index in [-0.39, 0.29) is 19.0 Å². The van der Waals surface area contributed by atoms with Crippen LogP contribution in [0.3, 0.4) is 0 Å². The van der Waals surface area contributed by atoms with Crippen LogP contribution in [-0.4, -0.2) is 58.4 Å². The maximum atomic E-state index is 11.8. The summed E-state index contributed by atoms with van der Waals surface area (Å²) >= 11 is 0. The van der Waals surface area contributed by atoms with Crippen molar-refractivity contribution in [1.82, 2.24) is 9.55 Å². The molecule has 0 aliphatic heterocycles. The van der Waals surface area contributed by atoms with E-state index < -0.39 is 32.3 Å². The number of anilines is 1. The van der Waals surface area contributed by atoms with Crippen LogP contribution in [0.4, 0.5) is 5.82 Å². The van der Waals surface area contributed by atoms with Crippen molar-refractivity contribution in [3.05, 3.63) is 22.7 Å². The van der Waals surface area contributed by atoms with E-state index in [4.69, 9.17) is 19.7 Å². The smallest absolute Gasteiger partial charge is 0.353 e. The lowest BCUT2D eigenvalue weighted by molar-refractivity contribution is 0.0163. The lowest BCUT2D eigenvalue weighted by Crippen LogP contribution is -2.32. The molecule has 0 saturated carbocycles. The van der Waals surface area contributed by atoms with Gasteiger partial charge in [-0.3, -0.25) is 9.13 Å². The molecule has 0 saturated heterocycles. The van der Waals surface area contributed by atoms with Gasteiger partial charge in [-0.25, -0.2) is 4.79 Å². The van der Waals surface area contributed by atoms with E-state index in [0.717, 1.165) is 0 Å². The molecule has 0 fully saturated rings. The molecule has 24 heavy (non-hydrogen) atoms. The highest BCUT2D eigenvalue weighted by atomic mass is 31.2. The Kier molecular flexibility index (Phi) is 9.12. The van der Waals surface area contributed by atoms with Gasteiger partial charge in [0.25, 0.3) is 0 Å². The Morgan fingerprint density at radius 1 is 1.46 bits per heavy atom. The second-order valence-corrected chi connectivity index (χ2v) is 6.70. The van der Waals surface area contributed by atoms with Crippen molar-refractivity contribution in [1.29, 1.82) is 0 Å². The van der Waals surface area contributed by atoms with Crippen LogP contribution in [0.5, 0.6) is 0 Å². The maximum absolute atomic E-state index is 11.8. The van der Waals surface area contributed by atoms with Gasteiger partial charge in [0.1, 0.15) is 12.2 Å². The summed E-state index contributed by atoms with van der Waals surface area (Å²) in [6.07, 6.45) is 0.429. The van der Waals surface area contributed by atoms with Crippen molar-refractivity contribution in [3.63, 3.8) is 0 Å². The average Bonchev–Trinajstić information content (AvgIpc) is 2.53. The molecule has 138 valence electrons. The Balaban J connectivity index is 2.44. The van der Waals surface area contributed by atoms with E-state index in [2.05, 4.69) is 4.98 Å². The molecular formula is C13H24N3O7P. The molecule has 1 aromatic rings. The van der Waals surface area contributed by atoms with Gasteiger partial charge in [0.2, 0.25) is 0 Å². The number of nitrogens with two attached hydrogens (primary N) is 1. The minimum Gasteiger partial charge on any atom is -0.394 e. The van der Waals surface area contributed by atoms with Crippen LogP contribution in [-0.2, 0) is 25.1 Å². The number of rotatable bonds is 12. The number of aliphatic hydroxyl groups excluding tert-OH is 1. The molecule has 0 radical (unpaired) electrons. The average molecular weight is 365 g/mol. The summed E-state index contributed by atoms with van der Waals surface area (Å²) in [5, 5.41) is 9.29. The molecule has 1 heterocycles. The molecule has 0 amide bonds. The highest BCUT2D eigenvalue weighted by molar-refractivity contribution is 7.52. The van der Waals surface area contributed by atoms with Crippen LogP contribution in [0.1, 0.15) is 13.3 Å². The molecule has 0 aliphatic rings. The molecule has 1 aromatic heterocycles. The van der Waals surface area contributed by atoms with E-state index in [0.29, 0.717) is 19.6 Å². The number of nitrogen functional groups attached to an aromatic ring is 1. The number of ether oxygens (including phenoxy) is 2. The van der Waals surface area contributed by atoms with Crippen LogP contribution in [0.2, 0.25) is 0 Å². The van der Waals surface area contributed by atoms with Crippen molar-refractivity contribution in [2.75, 3.05) is 38.5 Å². The molecule has 11 heteroatoms. The fourth-order valence-corrected chi connectivity index (χ4v) is 2.60. The third kappa shape index (κ3) is 8.00. The zero-order valence-electron chi connectivity index (χ0n) is 13.5. The van der Waals surface area contributed by atoms with Crippen LogP contribution >= 0.6 is 7.60 Å². The van der Waals surface area contributed by atoms with Crippen LogP contribution in [0.25, 0.3) is 0 Å². The Morgan fingerprint density at radius 2 is 2.21 bits per heavy atom. The van der Waals surface area contributed by atoms with Gasteiger partial charge >= 0.3 is 13.3 Å². The van der Waals surface area contributed by atoms with Gasteiger partial charge in [-0.1, -0.05) is 0 Å². The number of hydrogen-bond acceptors (Lipinski definition) is 8. The zero-order valence-corrected chi connectivity index (χ0v) is 14.4. The van der Waals surface area contributed by atoms with Crippen molar-refractivity contribution < 1.29 is 28.6 Å². The highest BCUT2D eigenvalue weighted by Crippen LogP contribution is 2.42. The van der Waals surface area contributed by atoms with Crippen molar-refractivity contribution >= 4 is 13.4 Å². The predicted octanol–water partition coefficient (Wildman–Crippen LogP) is -0.211. The molecule has 0 bridgehead atoms. The highest BCUT2D eigenvalue weighted by Gasteiger charge is 2.22. The first-order valence-electron chi connectivity index (χ1n) is 7.47. The predicted molar refractivity (Wildman–Crippen MR) is 86.6 cm³/mol. The lowest BCUT2D eigenvalue weighted by atomic mass is 10.3. The maximum Gasteiger partial charge on any atom is 0.353 e. The van der Waals surface area contributed by atoms with Crippen LogP contribution in [0.15, 0.2) is 17.1 Å². The quantitative estimate of drug-likeness (QED) is 0.338. The SMILES string of the molecule is CCOCCCOP(=O)(O)CO[C@H](CO)Cn1ccc(N)nc1=O. The molecule has 10 nitrogen and oxygen atoms in total.